The minimum atomic E-state index is -0.813. The number of nitro benzene ring substituents is 1. The summed E-state index contributed by atoms with van der Waals surface area (Å²) in [5, 5.41) is 10.7. The van der Waals surface area contributed by atoms with E-state index < -0.39 is 10.8 Å². The molecule has 2 N–H and O–H groups in total. The third-order valence-corrected chi connectivity index (χ3v) is 2.42. The topological polar surface area (TPSA) is 86.2 Å². The lowest BCUT2D eigenvalue weighted by Crippen LogP contribution is -2.15. The Hall–Kier alpha value is -1.43. The summed E-state index contributed by atoms with van der Waals surface area (Å²) in [4.78, 5) is 21.1. The van der Waals surface area contributed by atoms with Gasteiger partial charge in [-0.2, -0.15) is 0 Å². The predicted octanol–water partition coefficient (Wildman–Crippen LogP) is 1.76. The lowest BCUT2D eigenvalue weighted by molar-refractivity contribution is -0.385. The molecule has 5 nitrogen and oxygen atoms in total. The maximum Gasteiger partial charge on any atom is 0.286 e. The molecule has 0 atom stereocenters. The third-order valence-electron chi connectivity index (χ3n) is 1.76. The molecule has 74 valence electrons. The molecule has 0 fully saturated rings. The van der Waals surface area contributed by atoms with Gasteiger partial charge < -0.3 is 5.73 Å². The average molecular weight is 259 g/mol. The minimum absolute atomic E-state index is 0.0880. The number of nitro groups is 1. The van der Waals surface area contributed by atoms with E-state index in [2.05, 4.69) is 15.9 Å². The van der Waals surface area contributed by atoms with Gasteiger partial charge in [-0.05, 0) is 28.9 Å². The number of halogens is 1. The third kappa shape index (κ3) is 1.74. The van der Waals surface area contributed by atoms with Gasteiger partial charge in [-0.25, -0.2) is 0 Å². The van der Waals surface area contributed by atoms with E-state index in [9.17, 15) is 14.9 Å². The van der Waals surface area contributed by atoms with Crippen LogP contribution in [0.2, 0.25) is 0 Å². The van der Waals surface area contributed by atoms with E-state index in [0.717, 1.165) is 0 Å². The molecule has 1 aromatic rings. The van der Waals surface area contributed by atoms with Crippen molar-refractivity contribution < 1.29 is 9.72 Å². The first-order chi connectivity index (χ1) is 6.45. The van der Waals surface area contributed by atoms with Gasteiger partial charge in [0.1, 0.15) is 5.56 Å². The van der Waals surface area contributed by atoms with Crippen LogP contribution < -0.4 is 5.73 Å². The Morgan fingerprint density at radius 1 is 1.57 bits per heavy atom. The molecular formula is C8H7BrN2O3. The molecule has 14 heavy (non-hydrogen) atoms. The highest BCUT2D eigenvalue weighted by atomic mass is 79.9. The van der Waals surface area contributed by atoms with Crippen molar-refractivity contribution in [3.63, 3.8) is 0 Å². The molecule has 0 unspecified atom stereocenters. The zero-order valence-electron chi connectivity index (χ0n) is 7.28. The highest BCUT2D eigenvalue weighted by molar-refractivity contribution is 9.10. The molecule has 0 saturated carbocycles. The zero-order valence-corrected chi connectivity index (χ0v) is 8.87. The Morgan fingerprint density at radius 3 is 2.50 bits per heavy atom. The van der Waals surface area contributed by atoms with Gasteiger partial charge in [0, 0.05) is 10.0 Å². The lowest BCUT2D eigenvalue weighted by atomic mass is 10.1. The summed E-state index contributed by atoms with van der Waals surface area (Å²) < 4.78 is 0.335. The average Bonchev–Trinajstić information content (AvgIpc) is 2.07. The summed E-state index contributed by atoms with van der Waals surface area (Å²) in [6, 6.07) is 3.11. The Bertz CT molecular complexity index is 378. The largest absolute Gasteiger partial charge is 0.365 e. The molecule has 0 aliphatic rings. The molecule has 0 aliphatic carbocycles. The van der Waals surface area contributed by atoms with Crippen LogP contribution >= 0.6 is 15.9 Å². The zero-order chi connectivity index (χ0) is 10.9. The number of primary amides is 1. The van der Waals surface area contributed by atoms with Crippen LogP contribution in [0.5, 0.6) is 0 Å². The van der Waals surface area contributed by atoms with Crippen LogP contribution in [0.15, 0.2) is 16.6 Å². The van der Waals surface area contributed by atoms with Gasteiger partial charge in [0.15, 0.2) is 0 Å². The first kappa shape index (κ1) is 10.6. The molecule has 0 saturated heterocycles. The molecular weight excluding hydrogens is 252 g/mol. The standard InChI is InChI=1S/C8H7BrN2O3/c1-4-2-3-5(9)6(8(10)12)7(4)11(13)14/h2-3H,1H3,(H2,10,12). The number of rotatable bonds is 2. The minimum Gasteiger partial charge on any atom is -0.365 e. The van der Waals surface area contributed by atoms with Crippen molar-refractivity contribution >= 4 is 27.5 Å². The van der Waals surface area contributed by atoms with Gasteiger partial charge >= 0.3 is 0 Å². The normalized spacial score (nSPS) is 9.86. The van der Waals surface area contributed by atoms with Crippen LogP contribution in [0, 0.1) is 17.0 Å². The first-order valence-electron chi connectivity index (χ1n) is 3.68. The van der Waals surface area contributed by atoms with Crippen LogP contribution in [0.25, 0.3) is 0 Å². The number of amides is 1. The summed E-state index contributed by atoms with van der Waals surface area (Å²) in [7, 11) is 0. The van der Waals surface area contributed by atoms with Crippen molar-refractivity contribution in [2.45, 2.75) is 6.92 Å². The number of aryl methyl sites for hydroxylation is 1. The molecule has 0 aromatic heterocycles. The molecule has 0 heterocycles. The molecule has 0 bridgehead atoms. The van der Waals surface area contributed by atoms with Crippen LogP contribution in [0.4, 0.5) is 5.69 Å². The Morgan fingerprint density at radius 2 is 2.14 bits per heavy atom. The van der Waals surface area contributed by atoms with Crippen LogP contribution in [0.1, 0.15) is 15.9 Å². The fourth-order valence-corrected chi connectivity index (χ4v) is 1.66. The quantitative estimate of drug-likeness (QED) is 0.648. The van der Waals surface area contributed by atoms with Crippen molar-refractivity contribution in [3.8, 4) is 0 Å². The van der Waals surface area contributed by atoms with Gasteiger partial charge in [0.25, 0.3) is 11.6 Å². The fourth-order valence-electron chi connectivity index (χ4n) is 1.14. The Kier molecular flexibility index (Phi) is 2.85. The summed E-state index contributed by atoms with van der Waals surface area (Å²) in [5.41, 5.74) is 5.13. The van der Waals surface area contributed by atoms with Gasteiger partial charge in [-0.3, -0.25) is 14.9 Å². The van der Waals surface area contributed by atoms with Crippen molar-refractivity contribution in [1.29, 1.82) is 0 Å². The van der Waals surface area contributed by atoms with E-state index in [1.54, 1.807) is 19.1 Å². The number of benzene rings is 1. The van der Waals surface area contributed by atoms with Crippen molar-refractivity contribution in [2.24, 2.45) is 5.73 Å². The highest BCUT2D eigenvalue weighted by Crippen LogP contribution is 2.29. The molecule has 6 heteroatoms. The van der Waals surface area contributed by atoms with Crippen LogP contribution in [0.3, 0.4) is 0 Å². The van der Waals surface area contributed by atoms with Gasteiger partial charge in [0.05, 0.1) is 4.92 Å². The van der Waals surface area contributed by atoms with E-state index >= 15 is 0 Å². The van der Waals surface area contributed by atoms with E-state index in [1.165, 1.54) is 0 Å². The Balaban J connectivity index is 3.58. The van der Waals surface area contributed by atoms with E-state index in [-0.39, 0.29) is 11.3 Å². The molecule has 1 amide bonds. The molecule has 1 aromatic carbocycles. The van der Waals surface area contributed by atoms with Crippen molar-refractivity contribution in [1.82, 2.24) is 0 Å². The van der Waals surface area contributed by atoms with Gasteiger partial charge in [-0.1, -0.05) is 6.07 Å². The summed E-state index contributed by atoms with van der Waals surface area (Å²) in [5.74, 6) is -0.813. The second-order valence-electron chi connectivity index (χ2n) is 2.71. The summed E-state index contributed by atoms with van der Waals surface area (Å²) in [6.45, 7) is 1.55. The van der Waals surface area contributed by atoms with Crippen molar-refractivity contribution in [2.75, 3.05) is 0 Å². The second-order valence-corrected chi connectivity index (χ2v) is 3.56. The smallest absolute Gasteiger partial charge is 0.286 e. The number of nitrogens with two attached hydrogens (primary N) is 1. The number of nitrogens with zero attached hydrogens (tertiary/aromatic N) is 1. The fraction of sp³-hybridized carbons (Fsp3) is 0.125. The SMILES string of the molecule is Cc1ccc(Br)c(C(N)=O)c1[N+](=O)[O-]. The second kappa shape index (κ2) is 3.75. The summed E-state index contributed by atoms with van der Waals surface area (Å²) >= 11 is 3.04. The van der Waals surface area contributed by atoms with Crippen molar-refractivity contribution in [3.05, 3.63) is 37.8 Å². The maximum atomic E-state index is 11.0. The number of hydrogen-bond acceptors (Lipinski definition) is 3. The summed E-state index contributed by atoms with van der Waals surface area (Å²) in [6.07, 6.45) is 0. The molecule has 0 aliphatic heterocycles. The monoisotopic (exact) mass is 258 g/mol. The highest BCUT2D eigenvalue weighted by Gasteiger charge is 2.23. The van der Waals surface area contributed by atoms with Gasteiger partial charge in [0.2, 0.25) is 0 Å². The Labute approximate surface area is 88.2 Å². The first-order valence-corrected chi connectivity index (χ1v) is 4.47. The number of hydrogen-bond donors (Lipinski definition) is 1. The number of carbonyl (C=O) groups excluding carboxylic acids is 1. The van der Waals surface area contributed by atoms with E-state index in [1.807, 2.05) is 0 Å². The number of carbonyl (C=O) groups is 1. The van der Waals surface area contributed by atoms with Gasteiger partial charge in [-0.15, -0.1) is 0 Å². The maximum absolute atomic E-state index is 11.0. The molecule has 0 spiro atoms. The van der Waals surface area contributed by atoms with Crippen LogP contribution in [-0.4, -0.2) is 10.8 Å². The lowest BCUT2D eigenvalue weighted by Gasteiger charge is -2.03. The molecule has 0 radical (unpaired) electrons. The molecule has 1 rings (SSSR count). The predicted molar refractivity (Wildman–Crippen MR) is 54.1 cm³/mol. The van der Waals surface area contributed by atoms with E-state index in [0.29, 0.717) is 10.0 Å². The van der Waals surface area contributed by atoms with Crippen LogP contribution in [-0.2, 0) is 0 Å². The van der Waals surface area contributed by atoms with E-state index in [4.69, 9.17) is 5.73 Å².